The first kappa shape index (κ1) is 16.7. The molecule has 0 spiro atoms. The number of aryl methyl sites for hydroxylation is 1. The Morgan fingerprint density at radius 3 is 2.92 bits per heavy atom. The number of rotatable bonds is 6. The number of aromatic amines is 1. The first-order valence-corrected chi connectivity index (χ1v) is 8.04. The minimum absolute atomic E-state index is 0.402. The lowest BCUT2D eigenvalue weighted by atomic mass is 9.99. The van der Waals surface area contributed by atoms with Gasteiger partial charge in [0.1, 0.15) is 5.60 Å². The Kier molecular flexibility index (Phi) is 4.71. The van der Waals surface area contributed by atoms with Gasteiger partial charge in [0.2, 0.25) is 0 Å². The summed E-state index contributed by atoms with van der Waals surface area (Å²) in [6.07, 6.45) is 5.27. The maximum Gasteiger partial charge on any atom is 0.102 e. The normalized spacial score (nSPS) is 13.8. The SMILES string of the molecule is Cn1cc(C(C)(O)CNCc2cn[nH]c2-c2cccc(Cl)c2)cn1. The minimum atomic E-state index is -0.992. The second kappa shape index (κ2) is 6.76. The molecule has 1 unspecified atom stereocenters. The van der Waals surface area contributed by atoms with Crippen molar-refractivity contribution in [2.24, 2.45) is 7.05 Å². The molecule has 0 bridgehead atoms. The molecule has 0 aliphatic rings. The van der Waals surface area contributed by atoms with Crippen molar-refractivity contribution in [3.8, 4) is 11.3 Å². The van der Waals surface area contributed by atoms with Crippen LogP contribution in [0.15, 0.2) is 42.9 Å². The number of H-pyrrole nitrogens is 1. The number of benzene rings is 1. The Balaban J connectivity index is 1.67. The highest BCUT2D eigenvalue weighted by Crippen LogP contribution is 2.24. The van der Waals surface area contributed by atoms with E-state index in [4.69, 9.17) is 11.6 Å². The van der Waals surface area contributed by atoms with Gasteiger partial charge in [-0.25, -0.2) is 0 Å². The zero-order chi connectivity index (χ0) is 17.2. The summed E-state index contributed by atoms with van der Waals surface area (Å²) in [5.41, 5.74) is 2.70. The van der Waals surface area contributed by atoms with Gasteiger partial charge in [-0.05, 0) is 19.1 Å². The molecule has 0 radical (unpaired) electrons. The van der Waals surface area contributed by atoms with Crippen LogP contribution in [0, 0.1) is 0 Å². The van der Waals surface area contributed by atoms with Crippen LogP contribution in [0.2, 0.25) is 5.02 Å². The van der Waals surface area contributed by atoms with E-state index >= 15 is 0 Å². The van der Waals surface area contributed by atoms with Crippen molar-refractivity contribution >= 4 is 11.6 Å². The largest absolute Gasteiger partial charge is 0.384 e. The third-order valence-corrected chi connectivity index (χ3v) is 4.18. The van der Waals surface area contributed by atoms with Gasteiger partial charge >= 0.3 is 0 Å². The van der Waals surface area contributed by atoms with Gasteiger partial charge in [0, 0.05) is 48.0 Å². The van der Waals surface area contributed by atoms with Gasteiger partial charge in [0.15, 0.2) is 0 Å². The van der Waals surface area contributed by atoms with Crippen molar-refractivity contribution in [2.45, 2.75) is 19.1 Å². The fraction of sp³-hybridized carbons (Fsp3) is 0.294. The van der Waals surface area contributed by atoms with E-state index in [0.717, 1.165) is 22.4 Å². The van der Waals surface area contributed by atoms with Crippen LogP contribution in [0.5, 0.6) is 0 Å². The average molecular weight is 346 g/mol. The maximum absolute atomic E-state index is 10.6. The first-order chi connectivity index (χ1) is 11.5. The molecule has 0 aliphatic carbocycles. The highest BCUT2D eigenvalue weighted by molar-refractivity contribution is 6.30. The topological polar surface area (TPSA) is 78.8 Å². The second-order valence-corrected chi connectivity index (χ2v) is 6.50. The molecule has 7 heteroatoms. The highest BCUT2D eigenvalue weighted by atomic mass is 35.5. The van der Waals surface area contributed by atoms with Gasteiger partial charge in [-0.15, -0.1) is 0 Å². The van der Waals surface area contributed by atoms with Crippen LogP contribution in [0.1, 0.15) is 18.1 Å². The zero-order valence-corrected chi connectivity index (χ0v) is 14.4. The molecule has 2 heterocycles. The molecule has 0 aliphatic heterocycles. The molecule has 3 N–H and O–H groups in total. The lowest BCUT2D eigenvalue weighted by Gasteiger charge is -2.22. The lowest BCUT2D eigenvalue weighted by molar-refractivity contribution is 0.0566. The Bertz CT molecular complexity index is 824. The predicted octanol–water partition coefficient (Wildman–Crippen LogP) is 2.46. The summed E-state index contributed by atoms with van der Waals surface area (Å²) in [7, 11) is 1.83. The second-order valence-electron chi connectivity index (χ2n) is 6.06. The van der Waals surface area contributed by atoms with Gasteiger partial charge < -0.3 is 10.4 Å². The third kappa shape index (κ3) is 3.67. The fourth-order valence-corrected chi connectivity index (χ4v) is 2.77. The van der Waals surface area contributed by atoms with E-state index in [1.54, 1.807) is 24.0 Å². The van der Waals surface area contributed by atoms with Crippen LogP contribution in [-0.4, -0.2) is 31.6 Å². The predicted molar refractivity (Wildman–Crippen MR) is 93.5 cm³/mol. The fourth-order valence-electron chi connectivity index (χ4n) is 2.58. The van der Waals surface area contributed by atoms with Gasteiger partial charge in [-0.3, -0.25) is 9.78 Å². The number of nitrogens with one attached hydrogen (secondary N) is 2. The smallest absolute Gasteiger partial charge is 0.102 e. The Labute approximate surface area is 145 Å². The molecule has 0 saturated heterocycles. The summed E-state index contributed by atoms with van der Waals surface area (Å²) < 4.78 is 1.68. The van der Waals surface area contributed by atoms with Crippen LogP contribution in [0.4, 0.5) is 0 Å². The van der Waals surface area contributed by atoms with E-state index in [2.05, 4.69) is 20.6 Å². The van der Waals surface area contributed by atoms with E-state index in [-0.39, 0.29) is 0 Å². The molecule has 0 amide bonds. The number of hydrogen-bond acceptors (Lipinski definition) is 4. The number of hydrogen-bond donors (Lipinski definition) is 3. The van der Waals surface area contributed by atoms with E-state index < -0.39 is 5.60 Å². The monoisotopic (exact) mass is 345 g/mol. The summed E-state index contributed by atoms with van der Waals surface area (Å²) >= 11 is 6.06. The van der Waals surface area contributed by atoms with Crippen molar-refractivity contribution in [3.05, 3.63) is 59.0 Å². The minimum Gasteiger partial charge on any atom is -0.384 e. The summed E-state index contributed by atoms with van der Waals surface area (Å²) in [5, 5.41) is 25.8. The molecule has 1 aromatic carbocycles. The van der Waals surface area contributed by atoms with Crippen molar-refractivity contribution < 1.29 is 5.11 Å². The van der Waals surface area contributed by atoms with Crippen LogP contribution >= 0.6 is 11.6 Å². The highest BCUT2D eigenvalue weighted by Gasteiger charge is 2.24. The van der Waals surface area contributed by atoms with Crippen LogP contribution in [0.3, 0.4) is 0 Å². The van der Waals surface area contributed by atoms with Gasteiger partial charge in [0.05, 0.1) is 18.1 Å². The molecule has 0 fully saturated rings. The Morgan fingerprint density at radius 2 is 2.21 bits per heavy atom. The van der Waals surface area contributed by atoms with Crippen LogP contribution in [0.25, 0.3) is 11.3 Å². The van der Waals surface area contributed by atoms with Gasteiger partial charge in [-0.2, -0.15) is 10.2 Å². The number of nitrogens with zero attached hydrogens (tertiary/aromatic N) is 3. The van der Waals surface area contributed by atoms with Crippen molar-refractivity contribution in [1.82, 2.24) is 25.3 Å². The maximum atomic E-state index is 10.6. The van der Waals surface area contributed by atoms with E-state index in [9.17, 15) is 5.11 Å². The number of halogens is 1. The first-order valence-electron chi connectivity index (χ1n) is 7.66. The summed E-state index contributed by atoms with van der Waals surface area (Å²) in [5.74, 6) is 0. The molecular weight excluding hydrogens is 326 g/mol. The van der Waals surface area contributed by atoms with Gasteiger partial charge in [-0.1, -0.05) is 23.7 Å². The zero-order valence-electron chi connectivity index (χ0n) is 13.6. The van der Waals surface area contributed by atoms with Gasteiger partial charge in [0.25, 0.3) is 0 Å². The van der Waals surface area contributed by atoms with Crippen molar-refractivity contribution in [2.75, 3.05) is 6.54 Å². The van der Waals surface area contributed by atoms with Crippen molar-refractivity contribution in [1.29, 1.82) is 0 Å². The molecule has 1 atom stereocenters. The average Bonchev–Trinajstić information content (AvgIpc) is 3.16. The van der Waals surface area contributed by atoms with Crippen molar-refractivity contribution in [3.63, 3.8) is 0 Å². The molecular formula is C17H20ClN5O. The molecule has 3 rings (SSSR count). The van der Waals surface area contributed by atoms with E-state index in [1.807, 2.05) is 37.5 Å². The lowest BCUT2D eigenvalue weighted by Crippen LogP contribution is -2.34. The van der Waals surface area contributed by atoms with Crippen LogP contribution < -0.4 is 5.32 Å². The van der Waals surface area contributed by atoms with E-state index in [0.29, 0.717) is 18.1 Å². The number of aliphatic hydroxyl groups is 1. The summed E-state index contributed by atoms with van der Waals surface area (Å²) in [4.78, 5) is 0. The van der Waals surface area contributed by atoms with Crippen LogP contribution in [-0.2, 0) is 19.2 Å². The molecule has 6 nitrogen and oxygen atoms in total. The quantitative estimate of drug-likeness (QED) is 0.641. The number of aromatic nitrogens is 4. The molecule has 126 valence electrons. The summed E-state index contributed by atoms with van der Waals surface area (Å²) in [6, 6.07) is 7.62. The molecule has 0 saturated carbocycles. The molecule has 24 heavy (non-hydrogen) atoms. The standard InChI is InChI=1S/C17H20ClN5O/c1-17(24,14-9-21-23(2)10-14)11-19-7-13-8-20-22-16(13)12-4-3-5-15(18)6-12/h3-6,8-10,19,24H,7,11H2,1-2H3,(H,20,22). The van der Waals surface area contributed by atoms with E-state index in [1.165, 1.54) is 0 Å². The Hall–Kier alpha value is -2.15. The molecule has 2 aromatic heterocycles. The third-order valence-electron chi connectivity index (χ3n) is 3.94. The Morgan fingerprint density at radius 1 is 1.38 bits per heavy atom. The molecule has 3 aromatic rings. The summed E-state index contributed by atoms with van der Waals surface area (Å²) in [6.45, 7) is 2.75.